The van der Waals surface area contributed by atoms with Crippen molar-refractivity contribution in [3.05, 3.63) is 23.5 Å². The molecule has 2 aliphatic carbocycles. The van der Waals surface area contributed by atoms with Crippen LogP contribution in [0.1, 0.15) is 43.2 Å². The highest BCUT2D eigenvalue weighted by atomic mass is 15.3. The van der Waals surface area contributed by atoms with Gasteiger partial charge in [-0.05, 0) is 36.8 Å². The standard InChI is InChI=1S/C16H21N5/c1-21-15-12(10-18-21)8-7-11-9-17-16(20-14(11)15)19-13-5-3-2-4-6-13/h9-10,13H,2-8H2,1H3,(H,17,19,20). The summed E-state index contributed by atoms with van der Waals surface area (Å²) < 4.78 is 1.94. The van der Waals surface area contributed by atoms with Crippen LogP contribution in [-0.4, -0.2) is 25.8 Å². The smallest absolute Gasteiger partial charge is 0.223 e. The van der Waals surface area contributed by atoms with Crippen molar-refractivity contribution >= 4 is 5.95 Å². The molecule has 5 nitrogen and oxygen atoms in total. The van der Waals surface area contributed by atoms with Crippen LogP contribution < -0.4 is 5.32 Å². The van der Waals surface area contributed by atoms with Gasteiger partial charge in [0.1, 0.15) is 0 Å². The lowest BCUT2D eigenvalue weighted by Crippen LogP contribution is -2.24. The highest BCUT2D eigenvalue weighted by Gasteiger charge is 2.23. The predicted molar refractivity (Wildman–Crippen MR) is 82.1 cm³/mol. The maximum atomic E-state index is 4.80. The van der Waals surface area contributed by atoms with Gasteiger partial charge in [0.2, 0.25) is 5.95 Å². The quantitative estimate of drug-likeness (QED) is 0.920. The molecule has 2 aromatic heterocycles. The first-order valence-electron chi connectivity index (χ1n) is 7.95. The van der Waals surface area contributed by atoms with Crippen LogP contribution in [0.3, 0.4) is 0 Å². The van der Waals surface area contributed by atoms with Gasteiger partial charge < -0.3 is 5.32 Å². The maximum Gasteiger partial charge on any atom is 0.223 e. The first kappa shape index (κ1) is 12.8. The molecule has 0 atom stereocenters. The molecule has 2 heterocycles. The molecule has 0 aliphatic heterocycles. The van der Waals surface area contributed by atoms with Gasteiger partial charge in [0.15, 0.2) is 0 Å². The van der Waals surface area contributed by atoms with Gasteiger partial charge in [0, 0.05) is 19.3 Å². The van der Waals surface area contributed by atoms with Crippen LogP contribution in [-0.2, 0) is 19.9 Å². The molecule has 0 bridgehead atoms. The van der Waals surface area contributed by atoms with E-state index >= 15 is 0 Å². The van der Waals surface area contributed by atoms with E-state index in [4.69, 9.17) is 4.98 Å². The Labute approximate surface area is 124 Å². The van der Waals surface area contributed by atoms with E-state index in [0.29, 0.717) is 6.04 Å². The van der Waals surface area contributed by atoms with Gasteiger partial charge in [0.25, 0.3) is 0 Å². The van der Waals surface area contributed by atoms with E-state index in [1.165, 1.54) is 43.2 Å². The Balaban J connectivity index is 1.66. The van der Waals surface area contributed by atoms with Crippen molar-refractivity contribution in [2.24, 2.45) is 7.05 Å². The van der Waals surface area contributed by atoms with Crippen molar-refractivity contribution < 1.29 is 0 Å². The Morgan fingerprint density at radius 2 is 1.90 bits per heavy atom. The van der Waals surface area contributed by atoms with Crippen molar-refractivity contribution in [2.45, 2.75) is 51.0 Å². The third-order valence-corrected chi connectivity index (χ3v) is 4.71. The molecule has 2 aromatic rings. The zero-order valence-electron chi connectivity index (χ0n) is 12.5. The molecule has 1 saturated carbocycles. The molecule has 4 rings (SSSR count). The molecule has 110 valence electrons. The van der Waals surface area contributed by atoms with Crippen LogP contribution in [0.4, 0.5) is 5.95 Å². The molecule has 0 amide bonds. The van der Waals surface area contributed by atoms with Gasteiger partial charge in [0.05, 0.1) is 17.6 Å². The van der Waals surface area contributed by atoms with E-state index < -0.39 is 0 Å². The minimum absolute atomic E-state index is 0.534. The lowest BCUT2D eigenvalue weighted by Gasteiger charge is -2.23. The van der Waals surface area contributed by atoms with E-state index in [0.717, 1.165) is 30.2 Å². The molecule has 0 aromatic carbocycles. The minimum atomic E-state index is 0.534. The average molecular weight is 283 g/mol. The number of nitrogens with one attached hydrogen (secondary N) is 1. The molecular weight excluding hydrogens is 262 g/mol. The van der Waals surface area contributed by atoms with Crippen molar-refractivity contribution in [3.8, 4) is 11.4 Å². The molecule has 2 aliphatic rings. The second-order valence-electron chi connectivity index (χ2n) is 6.19. The zero-order chi connectivity index (χ0) is 14.2. The van der Waals surface area contributed by atoms with Gasteiger partial charge in [-0.25, -0.2) is 9.97 Å². The molecule has 0 radical (unpaired) electrons. The molecule has 1 fully saturated rings. The molecular formula is C16H21N5. The van der Waals surface area contributed by atoms with Crippen LogP contribution in [0.5, 0.6) is 0 Å². The van der Waals surface area contributed by atoms with E-state index in [2.05, 4.69) is 15.4 Å². The number of anilines is 1. The Morgan fingerprint density at radius 3 is 2.76 bits per heavy atom. The normalized spacial score (nSPS) is 18.1. The maximum absolute atomic E-state index is 4.80. The monoisotopic (exact) mass is 283 g/mol. The van der Waals surface area contributed by atoms with Crippen molar-refractivity contribution in [1.29, 1.82) is 0 Å². The first-order valence-corrected chi connectivity index (χ1v) is 7.95. The fraction of sp³-hybridized carbons (Fsp3) is 0.562. The van der Waals surface area contributed by atoms with Crippen LogP contribution in [0.25, 0.3) is 11.4 Å². The molecule has 5 heteroatoms. The first-order chi connectivity index (χ1) is 10.3. The summed E-state index contributed by atoms with van der Waals surface area (Å²) >= 11 is 0. The number of aryl methyl sites for hydroxylation is 3. The van der Waals surface area contributed by atoms with Crippen LogP contribution in [0.15, 0.2) is 12.4 Å². The Morgan fingerprint density at radius 1 is 1.10 bits per heavy atom. The Hall–Kier alpha value is -1.91. The number of aromatic nitrogens is 4. The highest BCUT2D eigenvalue weighted by Crippen LogP contribution is 2.32. The number of fused-ring (bicyclic) bond motifs is 3. The molecule has 21 heavy (non-hydrogen) atoms. The van der Waals surface area contributed by atoms with Crippen LogP contribution in [0, 0.1) is 0 Å². The summed E-state index contributed by atoms with van der Waals surface area (Å²) in [4.78, 5) is 9.32. The number of rotatable bonds is 2. The van der Waals surface area contributed by atoms with E-state index in [1.807, 2.05) is 24.1 Å². The summed E-state index contributed by atoms with van der Waals surface area (Å²) in [5.41, 5.74) is 4.75. The number of nitrogens with zero attached hydrogens (tertiary/aromatic N) is 4. The van der Waals surface area contributed by atoms with Gasteiger partial charge in [-0.1, -0.05) is 19.3 Å². The lowest BCUT2D eigenvalue weighted by atomic mass is 9.95. The second-order valence-corrected chi connectivity index (χ2v) is 6.19. The van der Waals surface area contributed by atoms with Crippen LogP contribution >= 0.6 is 0 Å². The van der Waals surface area contributed by atoms with Gasteiger partial charge in [-0.3, -0.25) is 4.68 Å². The minimum Gasteiger partial charge on any atom is -0.351 e. The van der Waals surface area contributed by atoms with Crippen molar-refractivity contribution in [3.63, 3.8) is 0 Å². The van der Waals surface area contributed by atoms with Crippen LogP contribution in [0.2, 0.25) is 0 Å². The Bertz CT molecular complexity index is 655. The summed E-state index contributed by atoms with van der Waals surface area (Å²) in [6, 6.07) is 0.534. The summed E-state index contributed by atoms with van der Waals surface area (Å²) in [7, 11) is 1.99. The van der Waals surface area contributed by atoms with Crippen molar-refractivity contribution in [1.82, 2.24) is 19.7 Å². The third-order valence-electron chi connectivity index (χ3n) is 4.71. The predicted octanol–water partition coefficient (Wildman–Crippen LogP) is 2.72. The van der Waals surface area contributed by atoms with Gasteiger partial charge in [-0.2, -0.15) is 5.10 Å². The molecule has 1 N–H and O–H groups in total. The summed E-state index contributed by atoms with van der Waals surface area (Å²) in [6.07, 6.45) is 12.5. The van der Waals surface area contributed by atoms with Gasteiger partial charge in [-0.15, -0.1) is 0 Å². The number of hydrogen-bond acceptors (Lipinski definition) is 4. The summed E-state index contributed by atoms with van der Waals surface area (Å²) in [6.45, 7) is 0. The second kappa shape index (κ2) is 5.13. The summed E-state index contributed by atoms with van der Waals surface area (Å²) in [5.74, 6) is 0.773. The van der Waals surface area contributed by atoms with E-state index in [-0.39, 0.29) is 0 Å². The molecule has 0 spiro atoms. The van der Waals surface area contributed by atoms with E-state index in [9.17, 15) is 0 Å². The zero-order valence-corrected chi connectivity index (χ0v) is 12.5. The highest BCUT2D eigenvalue weighted by molar-refractivity contribution is 5.66. The molecule has 0 saturated heterocycles. The van der Waals surface area contributed by atoms with Crippen molar-refractivity contribution in [2.75, 3.05) is 5.32 Å². The topological polar surface area (TPSA) is 55.6 Å². The number of hydrogen-bond donors (Lipinski definition) is 1. The summed E-state index contributed by atoms with van der Waals surface area (Å²) in [5, 5.41) is 7.90. The molecule has 0 unspecified atom stereocenters. The van der Waals surface area contributed by atoms with E-state index in [1.54, 1.807) is 0 Å². The third kappa shape index (κ3) is 2.30. The average Bonchev–Trinajstić information content (AvgIpc) is 2.90. The Kier molecular flexibility index (Phi) is 3.13. The largest absolute Gasteiger partial charge is 0.351 e. The lowest BCUT2D eigenvalue weighted by molar-refractivity contribution is 0.461. The van der Waals surface area contributed by atoms with Gasteiger partial charge >= 0.3 is 0 Å². The fourth-order valence-electron chi connectivity index (χ4n) is 3.53. The SMILES string of the molecule is Cn1ncc2c1-c1nc(NC3CCCCC3)ncc1CC2. The fourth-order valence-corrected chi connectivity index (χ4v) is 3.53.